The van der Waals surface area contributed by atoms with Crippen LogP contribution in [0.5, 0.6) is 0 Å². The van der Waals surface area contributed by atoms with Gasteiger partial charge in [0.05, 0.1) is 77.2 Å². The van der Waals surface area contributed by atoms with Crippen LogP contribution in [0.1, 0.15) is 0 Å². The molecule has 34 rings (SSSR count). The molecule has 31 aromatic rings. The molecule has 0 spiro atoms. The molecule has 0 radical (unpaired) electrons. The molecule has 0 amide bonds. The smallest absolute Gasteiger partial charge is 0.165 e. The van der Waals surface area contributed by atoms with Gasteiger partial charge in [-0.3, -0.25) is 13.7 Å². The van der Waals surface area contributed by atoms with Gasteiger partial charge in [0.1, 0.15) is 17.1 Å². The fourth-order valence-corrected chi connectivity index (χ4v) is 26.5. The van der Waals surface area contributed by atoms with E-state index in [4.69, 9.17) is 29.9 Å². The summed E-state index contributed by atoms with van der Waals surface area (Å²) in [7, 11) is 0. The number of thiophene rings is 2. The first kappa shape index (κ1) is 80.8. The van der Waals surface area contributed by atoms with Crippen molar-refractivity contribution in [3.63, 3.8) is 0 Å². The topological polar surface area (TPSA) is 97.1 Å². The molecule has 0 atom stereocenters. The summed E-state index contributed by atoms with van der Waals surface area (Å²) in [6.07, 6.45) is 0. The zero-order valence-electron chi connectivity index (χ0n) is 78.2. The molecule has 3 aliphatic rings. The summed E-state index contributed by atoms with van der Waals surface area (Å²) in [6.45, 7) is 0. The van der Waals surface area contributed by atoms with Crippen molar-refractivity contribution in [1.82, 2.24) is 48.2 Å². The maximum absolute atomic E-state index is 5.31. The average Bonchev–Trinajstić information content (AvgIpc) is 1.54. The zero-order valence-corrected chi connectivity index (χ0v) is 79.8. The molecular formula is C134H76N10S2. The molecule has 0 fully saturated rings. The van der Waals surface area contributed by atoms with Crippen molar-refractivity contribution in [1.29, 1.82) is 0 Å². The van der Waals surface area contributed by atoms with Crippen molar-refractivity contribution in [2.75, 3.05) is 0 Å². The third-order valence-corrected chi connectivity index (χ3v) is 33.0. The number of rotatable bonds is 5. The summed E-state index contributed by atoms with van der Waals surface area (Å²) in [5, 5.41) is 20.3. The van der Waals surface area contributed by atoms with Gasteiger partial charge in [-0.15, -0.1) is 22.7 Å². The van der Waals surface area contributed by atoms with Gasteiger partial charge in [-0.1, -0.05) is 334 Å². The van der Waals surface area contributed by atoms with E-state index >= 15 is 0 Å². The average molecular weight is 1890 g/mol. The molecule has 0 aliphatic carbocycles. The van der Waals surface area contributed by atoms with E-state index < -0.39 is 0 Å². The first-order valence-corrected chi connectivity index (χ1v) is 51.2. The molecular weight excluding hydrogens is 1810 g/mol. The Morgan fingerprint density at radius 1 is 0.158 bits per heavy atom. The summed E-state index contributed by atoms with van der Waals surface area (Å²) in [5.74, 6) is 2.62. The molecule has 22 aromatic carbocycles. The van der Waals surface area contributed by atoms with Crippen LogP contribution in [-0.2, 0) is 0 Å². The maximum Gasteiger partial charge on any atom is 0.165 e. The van der Waals surface area contributed by atoms with Gasteiger partial charge in [0.15, 0.2) is 17.5 Å². The van der Waals surface area contributed by atoms with Gasteiger partial charge >= 0.3 is 0 Å². The van der Waals surface area contributed by atoms with E-state index in [0.717, 1.165) is 112 Å². The molecule has 0 bridgehead atoms. The maximum atomic E-state index is 5.31. The minimum atomic E-state index is 0.866. The van der Waals surface area contributed by atoms with E-state index in [9.17, 15) is 0 Å². The summed E-state index contributed by atoms with van der Waals surface area (Å²) >= 11 is 3.77. The first-order chi connectivity index (χ1) is 72.4. The Labute approximate surface area is 842 Å². The van der Waals surface area contributed by atoms with Crippen molar-refractivity contribution < 1.29 is 0 Å². The van der Waals surface area contributed by atoms with Crippen LogP contribution in [0.25, 0.3) is 317 Å². The van der Waals surface area contributed by atoms with Crippen LogP contribution in [0, 0.1) is 0 Å². The van der Waals surface area contributed by atoms with E-state index in [1.165, 1.54) is 205 Å². The van der Waals surface area contributed by atoms with Gasteiger partial charge in [0, 0.05) is 123 Å². The summed E-state index contributed by atoms with van der Waals surface area (Å²) < 4.78 is 14.7. The van der Waals surface area contributed by atoms with Crippen LogP contribution in [0.15, 0.2) is 461 Å². The van der Waals surface area contributed by atoms with Crippen LogP contribution < -0.4 is 0 Å². The lowest BCUT2D eigenvalue weighted by Gasteiger charge is -2.12. The molecule has 3 aliphatic heterocycles. The Bertz CT molecular complexity index is 11100. The Kier molecular flexibility index (Phi) is 17.3. The highest BCUT2D eigenvalue weighted by Crippen LogP contribution is 2.54. The van der Waals surface area contributed by atoms with E-state index in [1.54, 1.807) is 0 Å². The Hall–Kier alpha value is -19.0. The van der Waals surface area contributed by atoms with Crippen LogP contribution in [-0.4, -0.2) is 48.2 Å². The number of fused-ring (bicyclic) bond motifs is 39. The van der Waals surface area contributed by atoms with Gasteiger partial charge in [-0.05, 0) is 210 Å². The van der Waals surface area contributed by atoms with E-state index in [2.05, 4.69) is 443 Å². The van der Waals surface area contributed by atoms with E-state index in [-0.39, 0.29) is 0 Å². The van der Waals surface area contributed by atoms with Crippen molar-refractivity contribution >= 4 is 205 Å². The van der Waals surface area contributed by atoms with Gasteiger partial charge in [-0.2, -0.15) is 0 Å². The SMILES string of the molecule is c1ccc(-c2ccc(-n3c4ccccc4c4cc(-c5ccc6c(c5)c5cccc7c5n6-c5nc6ccccc6nc5-c5ccccc5-7)ccc43)cc2)cc1.c1ccc2c(c1)-c1nc3ccccc3nc1-n1c3ccc(-c4ccc5c(c4)sc4c6ccccc6ccc54)cc3c3cccc-2c31.c1ccc2c(c1)-c1nc3ccccc3nc1-n1c3ccc(-c4ccc5c(c4)sc4cc6ccccc6cc45)cc3c3cccc-2c31. The Morgan fingerprint density at radius 2 is 0.473 bits per heavy atom. The molecule has 0 saturated heterocycles. The van der Waals surface area contributed by atoms with Crippen molar-refractivity contribution in [2.24, 2.45) is 0 Å². The van der Waals surface area contributed by atoms with Crippen LogP contribution in [0.2, 0.25) is 0 Å². The van der Waals surface area contributed by atoms with Crippen molar-refractivity contribution in [2.45, 2.75) is 0 Å². The van der Waals surface area contributed by atoms with Gasteiger partial charge < -0.3 is 4.57 Å². The molecule has 10 nitrogen and oxygen atoms in total. The highest BCUT2D eigenvalue weighted by Gasteiger charge is 2.33. The number of nitrogens with zero attached hydrogens (tertiary/aromatic N) is 10. The number of aromatic nitrogens is 10. The highest BCUT2D eigenvalue weighted by atomic mass is 32.1. The lowest BCUT2D eigenvalue weighted by molar-refractivity contribution is 1.09. The number of hydrogen-bond donors (Lipinski definition) is 0. The minimum Gasteiger partial charge on any atom is -0.309 e. The molecule has 9 aromatic heterocycles. The molecule has 0 N–H and O–H groups in total. The second-order valence-electron chi connectivity index (χ2n) is 38.6. The second kappa shape index (κ2) is 31.3. The normalized spacial score (nSPS) is 12.2. The first-order valence-electron chi connectivity index (χ1n) is 49.6. The quantitative estimate of drug-likeness (QED) is 0.170. The summed E-state index contributed by atoms with van der Waals surface area (Å²) in [5.41, 5.74) is 38.7. The second-order valence-corrected chi connectivity index (χ2v) is 40.7. The third-order valence-electron chi connectivity index (χ3n) is 30.7. The molecule has 12 heteroatoms. The standard InChI is InChI=1S/C50H30N4.2C42H23N3S/c1-2-11-31(12-3-1)32-21-25-35(26-22-32)53-45-20-9-6-14-37(45)41-29-33(23-27-46(41)53)34-24-28-47-42(30-34)40-17-10-16-39-36-13-4-5-15-38(36)48-50(54(47)49(39)40)52-44-19-8-7-18-43(44)51-48;1-2-9-27-24(8-1)16-20-33-29-19-17-26(23-38(29)46-41(27)33)25-18-21-37-34(22-25)32-13-7-12-31-28-10-3-4-11-30(28)39-42(45(37)40(31)32)44-36-15-6-5-14-35(36)43-39;1-2-9-25-22-39-34(21-24(25)8-1)29-18-16-27(23-38(29)46-39)26-17-19-37-33(20-26)32-13-7-12-31-28-10-3-4-11-30(28)40-42(45(37)41(31)32)44-36-15-6-5-14-35(36)43-40/h1-30H;2*1-23H. The van der Waals surface area contributed by atoms with Crippen LogP contribution in [0.3, 0.4) is 0 Å². The lowest BCUT2D eigenvalue weighted by Crippen LogP contribution is -2.02. The van der Waals surface area contributed by atoms with Crippen LogP contribution in [0.4, 0.5) is 0 Å². The predicted octanol–water partition coefficient (Wildman–Crippen LogP) is 35.9. The number of hydrogen-bond acceptors (Lipinski definition) is 8. The molecule has 146 heavy (non-hydrogen) atoms. The third kappa shape index (κ3) is 12.1. The van der Waals surface area contributed by atoms with Crippen LogP contribution >= 0.6 is 22.7 Å². The molecule has 674 valence electrons. The zero-order chi connectivity index (χ0) is 95.2. The monoisotopic (exact) mass is 1890 g/mol. The van der Waals surface area contributed by atoms with E-state index in [0.29, 0.717) is 0 Å². The van der Waals surface area contributed by atoms with E-state index in [1.807, 2.05) is 59.1 Å². The Balaban J connectivity index is 0.0000000980. The van der Waals surface area contributed by atoms with Gasteiger partial charge in [0.25, 0.3) is 0 Å². The highest BCUT2D eigenvalue weighted by molar-refractivity contribution is 7.27. The summed E-state index contributed by atoms with van der Waals surface area (Å²) in [4.78, 5) is 31.6. The minimum absolute atomic E-state index is 0.866. The molecule has 0 saturated carbocycles. The lowest BCUT2D eigenvalue weighted by atomic mass is 9.96. The summed E-state index contributed by atoms with van der Waals surface area (Å²) in [6, 6.07) is 167. The molecule has 12 heterocycles. The fourth-order valence-electron chi connectivity index (χ4n) is 24.0. The van der Waals surface area contributed by atoms with Crippen molar-refractivity contribution in [3.05, 3.63) is 461 Å². The van der Waals surface area contributed by atoms with Gasteiger partial charge in [-0.25, -0.2) is 29.9 Å². The Morgan fingerprint density at radius 3 is 0.945 bits per heavy atom. The van der Waals surface area contributed by atoms with Gasteiger partial charge in [0.2, 0.25) is 0 Å². The largest absolute Gasteiger partial charge is 0.309 e. The molecule has 0 unspecified atom stereocenters. The number of para-hydroxylation sites is 10. The van der Waals surface area contributed by atoms with Crippen molar-refractivity contribution in [3.8, 4) is 135 Å². The predicted molar refractivity (Wildman–Crippen MR) is 612 cm³/mol. The fraction of sp³-hybridized carbons (Fsp3) is 0. The number of benzene rings is 22.